The molecular weight excluding hydrogens is 380 g/mol. The zero-order valence-electron chi connectivity index (χ0n) is 17.9. The zero-order valence-corrected chi connectivity index (χ0v) is 17.9. The number of nitrogens with one attached hydrogen (secondary N) is 1. The van der Waals surface area contributed by atoms with Crippen LogP contribution in [0.25, 0.3) is 6.08 Å². The second-order valence-corrected chi connectivity index (χ2v) is 7.19. The lowest BCUT2D eigenvalue weighted by Crippen LogP contribution is -2.36. The van der Waals surface area contributed by atoms with Gasteiger partial charge in [0.1, 0.15) is 17.2 Å². The number of amides is 1. The minimum Gasteiger partial charge on any atom is -0.497 e. The van der Waals surface area contributed by atoms with Gasteiger partial charge in [-0.3, -0.25) is 9.69 Å². The molecule has 0 spiro atoms. The van der Waals surface area contributed by atoms with Gasteiger partial charge >= 0.3 is 0 Å². The van der Waals surface area contributed by atoms with E-state index in [0.717, 1.165) is 30.0 Å². The summed E-state index contributed by atoms with van der Waals surface area (Å²) in [7, 11) is 4.89. The number of hydrogen-bond donors (Lipinski definition) is 1. The van der Waals surface area contributed by atoms with Crippen molar-refractivity contribution in [3.05, 3.63) is 59.7 Å². The maximum atomic E-state index is 12.5. The van der Waals surface area contributed by atoms with Crippen LogP contribution in [0, 0.1) is 0 Å². The average Bonchev–Trinajstić information content (AvgIpc) is 3.32. The van der Waals surface area contributed by atoms with Gasteiger partial charge in [0.05, 0.1) is 27.4 Å². The van der Waals surface area contributed by atoms with Crippen LogP contribution in [-0.4, -0.2) is 51.8 Å². The van der Waals surface area contributed by atoms with E-state index in [9.17, 15) is 4.79 Å². The molecule has 0 aliphatic carbocycles. The Labute approximate surface area is 178 Å². The van der Waals surface area contributed by atoms with E-state index in [1.807, 2.05) is 30.3 Å². The predicted molar refractivity (Wildman–Crippen MR) is 118 cm³/mol. The Morgan fingerprint density at radius 2 is 1.77 bits per heavy atom. The Morgan fingerprint density at radius 1 is 1.03 bits per heavy atom. The molecule has 30 heavy (non-hydrogen) atoms. The standard InChI is InChI=1S/C24H30N2O4/c1-28-19-12-10-18(23(16-19)30-3)11-13-24(27)25-17-21(26-14-6-7-15-26)20-8-4-5-9-22(20)29-2/h4-5,8-13,16,21H,6-7,14-15,17H2,1-3H3,(H,25,27)/b13-11+. The van der Waals surface area contributed by atoms with E-state index in [0.29, 0.717) is 18.0 Å². The van der Waals surface area contributed by atoms with Gasteiger partial charge in [-0.1, -0.05) is 18.2 Å². The van der Waals surface area contributed by atoms with Gasteiger partial charge in [0.15, 0.2) is 0 Å². The highest BCUT2D eigenvalue weighted by Gasteiger charge is 2.26. The highest BCUT2D eigenvalue weighted by Crippen LogP contribution is 2.31. The third-order valence-electron chi connectivity index (χ3n) is 5.40. The van der Waals surface area contributed by atoms with Crippen molar-refractivity contribution in [1.29, 1.82) is 0 Å². The molecule has 0 aromatic heterocycles. The van der Waals surface area contributed by atoms with Crippen LogP contribution in [0.5, 0.6) is 17.2 Å². The van der Waals surface area contributed by atoms with Crippen LogP contribution in [-0.2, 0) is 4.79 Å². The van der Waals surface area contributed by atoms with Gasteiger partial charge in [0.25, 0.3) is 0 Å². The first kappa shape index (κ1) is 21.7. The number of para-hydroxylation sites is 1. The largest absolute Gasteiger partial charge is 0.497 e. The van der Waals surface area contributed by atoms with E-state index in [1.54, 1.807) is 33.5 Å². The number of methoxy groups -OCH3 is 3. The van der Waals surface area contributed by atoms with Crippen LogP contribution in [0.4, 0.5) is 0 Å². The topological polar surface area (TPSA) is 60.0 Å². The maximum Gasteiger partial charge on any atom is 0.244 e. The Hall–Kier alpha value is -2.99. The summed E-state index contributed by atoms with van der Waals surface area (Å²) < 4.78 is 16.2. The second kappa shape index (κ2) is 10.7. The lowest BCUT2D eigenvalue weighted by molar-refractivity contribution is -0.116. The predicted octanol–water partition coefficient (Wildman–Crippen LogP) is 3.68. The Morgan fingerprint density at radius 3 is 2.47 bits per heavy atom. The summed E-state index contributed by atoms with van der Waals surface area (Å²) in [6.45, 7) is 2.57. The summed E-state index contributed by atoms with van der Waals surface area (Å²) in [4.78, 5) is 14.9. The molecule has 6 nitrogen and oxygen atoms in total. The van der Waals surface area contributed by atoms with Gasteiger partial charge < -0.3 is 19.5 Å². The van der Waals surface area contributed by atoms with E-state index < -0.39 is 0 Å². The molecule has 1 atom stereocenters. The van der Waals surface area contributed by atoms with E-state index in [4.69, 9.17) is 14.2 Å². The number of nitrogens with zero attached hydrogens (tertiary/aromatic N) is 1. The fourth-order valence-electron chi connectivity index (χ4n) is 3.81. The Kier molecular flexibility index (Phi) is 7.74. The summed E-state index contributed by atoms with van der Waals surface area (Å²) in [5, 5.41) is 3.05. The van der Waals surface area contributed by atoms with E-state index in [2.05, 4.69) is 16.3 Å². The lowest BCUT2D eigenvalue weighted by Gasteiger charge is -2.29. The number of likely N-dealkylation sites (tertiary alicyclic amines) is 1. The maximum absolute atomic E-state index is 12.5. The van der Waals surface area contributed by atoms with Crippen LogP contribution in [0.2, 0.25) is 0 Å². The first-order valence-electron chi connectivity index (χ1n) is 10.2. The van der Waals surface area contributed by atoms with Crippen molar-refractivity contribution < 1.29 is 19.0 Å². The number of ether oxygens (including phenoxy) is 3. The van der Waals surface area contributed by atoms with Gasteiger partial charge in [-0.25, -0.2) is 0 Å². The van der Waals surface area contributed by atoms with Crippen molar-refractivity contribution in [1.82, 2.24) is 10.2 Å². The van der Waals surface area contributed by atoms with Gasteiger partial charge in [0, 0.05) is 29.8 Å². The highest BCUT2D eigenvalue weighted by atomic mass is 16.5. The molecule has 0 saturated carbocycles. The molecule has 0 bridgehead atoms. The molecule has 1 unspecified atom stereocenters. The van der Waals surface area contributed by atoms with Crippen LogP contribution in [0.3, 0.4) is 0 Å². The molecule has 160 valence electrons. The van der Waals surface area contributed by atoms with Crippen LogP contribution < -0.4 is 19.5 Å². The molecule has 1 N–H and O–H groups in total. The smallest absolute Gasteiger partial charge is 0.244 e. The number of benzene rings is 2. The van der Waals surface area contributed by atoms with Crippen LogP contribution in [0.1, 0.15) is 30.0 Å². The molecule has 1 saturated heterocycles. The van der Waals surface area contributed by atoms with Gasteiger partial charge in [-0.15, -0.1) is 0 Å². The molecule has 1 amide bonds. The fourth-order valence-corrected chi connectivity index (χ4v) is 3.81. The third-order valence-corrected chi connectivity index (χ3v) is 5.40. The van der Waals surface area contributed by atoms with Gasteiger partial charge in [0.2, 0.25) is 5.91 Å². The molecule has 1 fully saturated rings. The quantitative estimate of drug-likeness (QED) is 0.639. The zero-order chi connectivity index (χ0) is 21.3. The molecule has 1 aliphatic heterocycles. The first-order valence-corrected chi connectivity index (χ1v) is 10.2. The Bertz CT molecular complexity index is 875. The highest BCUT2D eigenvalue weighted by molar-refractivity contribution is 5.92. The van der Waals surface area contributed by atoms with E-state index in [-0.39, 0.29) is 11.9 Å². The molecule has 2 aromatic rings. The number of hydrogen-bond acceptors (Lipinski definition) is 5. The average molecular weight is 411 g/mol. The van der Waals surface area contributed by atoms with Crippen LogP contribution in [0.15, 0.2) is 48.5 Å². The number of rotatable bonds is 9. The monoisotopic (exact) mass is 410 g/mol. The fraction of sp³-hybridized carbons (Fsp3) is 0.375. The normalized spacial score (nSPS) is 15.2. The van der Waals surface area contributed by atoms with E-state index >= 15 is 0 Å². The minimum absolute atomic E-state index is 0.0801. The summed E-state index contributed by atoms with van der Waals surface area (Å²) in [5.41, 5.74) is 1.91. The number of carbonyl (C=O) groups is 1. The van der Waals surface area contributed by atoms with Crippen LogP contribution >= 0.6 is 0 Å². The molecule has 2 aromatic carbocycles. The van der Waals surface area contributed by atoms with Gasteiger partial charge in [-0.05, 0) is 50.2 Å². The molecule has 1 heterocycles. The van der Waals surface area contributed by atoms with Crippen molar-refractivity contribution >= 4 is 12.0 Å². The molecular formula is C24H30N2O4. The number of carbonyl (C=O) groups excluding carboxylic acids is 1. The minimum atomic E-state index is -0.146. The third kappa shape index (κ3) is 5.33. The molecule has 0 radical (unpaired) electrons. The molecule has 3 rings (SSSR count). The van der Waals surface area contributed by atoms with Crippen molar-refractivity contribution in [3.8, 4) is 17.2 Å². The van der Waals surface area contributed by atoms with Crippen molar-refractivity contribution in [3.63, 3.8) is 0 Å². The van der Waals surface area contributed by atoms with Crippen molar-refractivity contribution in [2.45, 2.75) is 18.9 Å². The molecule has 1 aliphatic rings. The van der Waals surface area contributed by atoms with Crippen molar-refractivity contribution in [2.75, 3.05) is 41.0 Å². The first-order chi connectivity index (χ1) is 14.7. The summed E-state index contributed by atoms with van der Waals surface area (Å²) in [6.07, 6.45) is 5.64. The lowest BCUT2D eigenvalue weighted by atomic mass is 10.0. The van der Waals surface area contributed by atoms with E-state index in [1.165, 1.54) is 18.9 Å². The van der Waals surface area contributed by atoms with Crippen molar-refractivity contribution in [2.24, 2.45) is 0 Å². The SMILES string of the molecule is COc1ccc(/C=C/C(=O)NCC(c2ccccc2OC)N2CCCC2)c(OC)c1. The summed E-state index contributed by atoms with van der Waals surface area (Å²) >= 11 is 0. The van der Waals surface area contributed by atoms with Gasteiger partial charge in [-0.2, -0.15) is 0 Å². The summed E-state index contributed by atoms with van der Waals surface area (Å²) in [5.74, 6) is 2.07. The second-order valence-electron chi connectivity index (χ2n) is 7.19. The molecule has 6 heteroatoms. The summed E-state index contributed by atoms with van der Waals surface area (Å²) in [6, 6.07) is 13.6. The Balaban J connectivity index is 1.69.